The van der Waals surface area contributed by atoms with Crippen molar-refractivity contribution in [2.45, 2.75) is 10.8 Å². The van der Waals surface area contributed by atoms with Crippen LogP contribution in [0.15, 0.2) is 231 Å². The van der Waals surface area contributed by atoms with Crippen molar-refractivity contribution >= 4 is 10.8 Å². The zero-order valence-corrected chi connectivity index (χ0v) is 35.8. The maximum atomic E-state index is 5.62. The number of aromatic nitrogens is 2. The summed E-state index contributed by atoms with van der Waals surface area (Å²) in [6.07, 6.45) is 0. The molecule has 1 aromatic heterocycles. The minimum Gasteiger partial charge on any atom is -0.228 e. The van der Waals surface area contributed by atoms with Gasteiger partial charge in [-0.1, -0.05) is 218 Å². The highest BCUT2D eigenvalue weighted by molar-refractivity contribution is 6.02. The van der Waals surface area contributed by atoms with Crippen molar-refractivity contribution in [2.75, 3.05) is 0 Å². The van der Waals surface area contributed by atoms with Gasteiger partial charge < -0.3 is 0 Å². The van der Waals surface area contributed by atoms with Crippen molar-refractivity contribution in [1.29, 1.82) is 0 Å². The summed E-state index contributed by atoms with van der Waals surface area (Å²) in [6.45, 7) is 0. The Balaban J connectivity index is 1.02. The number of hydrogen-bond donors (Lipinski definition) is 0. The molecule has 304 valence electrons. The van der Waals surface area contributed by atoms with Crippen molar-refractivity contribution in [3.05, 3.63) is 275 Å². The maximum Gasteiger partial charge on any atom is 0.160 e. The number of nitrogens with zero attached hydrogens (tertiary/aromatic N) is 2. The van der Waals surface area contributed by atoms with Gasteiger partial charge in [0.05, 0.1) is 22.2 Å². The molecule has 0 bridgehead atoms. The Morgan fingerprint density at radius 3 is 1.02 bits per heavy atom. The quantitative estimate of drug-likeness (QED) is 0.177. The van der Waals surface area contributed by atoms with Gasteiger partial charge in [-0.15, -0.1) is 0 Å². The molecule has 66 heavy (non-hydrogen) atoms. The van der Waals surface area contributed by atoms with Crippen LogP contribution in [0.5, 0.6) is 0 Å². The van der Waals surface area contributed by atoms with Gasteiger partial charge in [0.1, 0.15) is 0 Å². The minimum atomic E-state index is -0.460. The Kier molecular flexibility index (Phi) is 7.11. The topological polar surface area (TPSA) is 25.8 Å². The van der Waals surface area contributed by atoms with Crippen molar-refractivity contribution in [3.63, 3.8) is 0 Å². The van der Waals surface area contributed by atoms with Gasteiger partial charge in [0.15, 0.2) is 5.82 Å². The van der Waals surface area contributed by atoms with Gasteiger partial charge in [0, 0.05) is 16.7 Å². The summed E-state index contributed by atoms with van der Waals surface area (Å²) >= 11 is 0. The van der Waals surface area contributed by atoms with Crippen LogP contribution in [0.25, 0.3) is 89.2 Å². The van der Waals surface area contributed by atoms with Crippen LogP contribution in [-0.4, -0.2) is 9.97 Å². The van der Waals surface area contributed by atoms with E-state index in [1.165, 1.54) is 94.4 Å². The summed E-state index contributed by atoms with van der Waals surface area (Å²) in [7, 11) is 0. The van der Waals surface area contributed by atoms with Crippen molar-refractivity contribution in [3.8, 4) is 78.4 Å². The van der Waals surface area contributed by atoms with E-state index in [2.05, 4.69) is 231 Å². The van der Waals surface area contributed by atoms with E-state index in [-0.39, 0.29) is 0 Å². The lowest BCUT2D eigenvalue weighted by Crippen LogP contribution is -2.25. The fraction of sp³-hybridized carbons (Fsp3) is 0.0312. The van der Waals surface area contributed by atoms with Crippen LogP contribution in [0.3, 0.4) is 0 Å². The van der Waals surface area contributed by atoms with Crippen LogP contribution < -0.4 is 0 Å². The van der Waals surface area contributed by atoms with E-state index in [0.717, 1.165) is 33.5 Å². The van der Waals surface area contributed by atoms with E-state index >= 15 is 0 Å². The lowest BCUT2D eigenvalue weighted by Gasteiger charge is -2.30. The summed E-state index contributed by atoms with van der Waals surface area (Å²) < 4.78 is 0. The first-order valence-corrected chi connectivity index (χ1v) is 23.0. The van der Waals surface area contributed by atoms with Gasteiger partial charge in [-0.05, 0) is 112 Å². The second kappa shape index (κ2) is 13.1. The van der Waals surface area contributed by atoms with Gasteiger partial charge in [-0.2, -0.15) is 0 Å². The highest BCUT2D eigenvalue weighted by atomic mass is 14.9. The normalized spacial score (nSPS) is 14.3. The third kappa shape index (κ3) is 4.41. The summed E-state index contributed by atoms with van der Waals surface area (Å²) in [4.78, 5) is 11.2. The number of rotatable bonds is 3. The average molecular weight is 835 g/mol. The molecular formula is C64H38N2. The molecule has 2 spiro atoms. The van der Waals surface area contributed by atoms with E-state index in [0.29, 0.717) is 5.82 Å². The highest BCUT2D eigenvalue weighted by Gasteiger charge is 2.53. The largest absolute Gasteiger partial charge is 0.228 e. The van der Waals surface area contributed by atoms with Crippen LogP contribution in [0.4, 0.5) is 0 Å². The monoisotopic (exact) mass is 834 g/mol. The summed E-state index contributed by atoms with van der Waals surface area (Å²) in [5.41, 5.74) is 24.8. The number of hydrogen-bond acceptors (Lipinski definition) is 2. The van der Waals surface area contributed by atoms with Crippen LogP contribution in [0, 0.1) is 0 Å². The lowest BCUT2D eigenvalue weighted by atomic mass is 9.70. The fourth-order valence-electron chi connectivity index (χ4n) is 12.9. The van der Waals surface area contributed by atoms with Crippen molar-refractivity contribution in [1.82, 2.24) is 9.97 Å². The highest BCUT2D eigenvalue weighted by Crippen LogP contribution is 2.66. The molecule has 0 N–H and O–H groups in total. The summed E-state index contributed by atoms with van der Waals surface area (Å²) in [6, 6.07) is 85.4. The van der Waals surface area contributed by atoms with E-state index in [1.807, 2.05) is 0 Å². The smallest absolute Gasteiger partial charge is 0.160 e. The van der Waals surface area contributed by atoms with Gasteiger partial charge >= 0.3 is 0 Å². The SMILES string of the molecule is c1ccc2c(c1)-c1ccccc1C21c2ccccc2-c2c(-c3cc(-c4cccc5c4-c4ccccc4C54c5ccccc5-c5ccccc54)nc(-c4ccc5ccccc5c4)n3)cccc21. The van der Waals surface area contributed by atoms with Crippen LogP contribution in [0.1, 0.15) is 44.5 Å². The molecule has 0 aliphatic heterocycles. The first-order valence-electron chi connectivity index (χ1n) is 23.0. The molecule has 2 heteroatoms. The fourth-order valence-corrected chi connectivity index (χ4v) is 12.9. The molecule has 4 aliphatic carbocycles. The first kappa shape index (κ1) is 35.9. The second-order valence-electron chi connectivity index (χ2n) is 18.3. The zero-order valence-electron chi connectivity index (χ0n) is 35.8. The molecule has 0 saturated heterocycles. The molecular weight excluding hydrogens is 797 g/mol. The Labute approximate surface area is 383 Å². The third-order valence-electron chi connectivity index (χ3n) is 15.3. The minimum absolute atomic E-state index is 0.460. The predicted molar refractivity (Wildman–Crippen MR) is 268 cm³/mol. The first-order chi connectivity index (χ1) is 32.7. The molecule has 0 radical (unpaired) electrons. The zero-order chi connectivity index (χ0) is 43.1. The van der Waals surface area contributed by atoms with Gasteiger partial charge in [0.2, 0.25) is 0 Å². The van der Waals surface area contributed by atoms with E-state index in [4.69, 9.17) is 9.97 Å². The second-order valence-corrected chi connectivity index (χ2v) is 18.3. The summed E-state index contributed by atoms with van der Waals surface area (Å²) in [5.74, 6) is 0.707. The molecule has 0 fully saturated rings. The molecule has 0 unspecified atom stereocenters. The molecule has 0 amide bonds. The molecule has 10 aromatic carbocycles. The number of fused-ring (bicyclic) bond motifs is 21. The standard InChI is InChI=1S/C64H38N2/c1-2-18-40-37-41(36-35-39(40)17-1)62-65-58(48-25-15-33-56-60(48)46-23-7-13-31-54(46)63(56)50-27-9-3-19-42(50)43-20-4-10-28-51(43)63)38-59(66-62)49-26-16-34-57-61(49)47-24-8-14-32-55(47)64(57)52-29-11-5-21-44(52)45-22-6-12-30-53(45)64/h1-38H. The summed E-state index contributed by atoms with van der Waals surface area (Å²) in [5, 5.41) is 2.35. The number of benzene rings is 10. The van der Waals surface area contributed by atoms with Crippen LogP contribution in [-0.2, 0) is 10.8 Å². The molecule has 4 aliphatic rings. The molecule has 15 rings (SSSR count). The van der Waals surface area contributed by atoms with Gasteiger partial charge in [-0.25, -0.2) is 9.97 Å². The Bertz CT molecular complexity index is 3610. The van der Waals surface area contributed by atoms with E-state index in [1.54, 1.807) is 0 Å². The Hall–Kier alpha value is -8.46. The molecule has 0 saturated carbocycles. The van der Waals surface area contributed by atoms with Crippen LogP contribution in [0.2, 0.25) is 0 Å². The lowest BCUT2D eigenvalue weighted by molar-refractivity contribution is 0.794. The predicted octanol–water partition coefficient (Wildman–Crippen LogP) is 15.3. The molecule has 1 heterocycles. The maximum absolute atomic E-state index is 5.62. The van der Waals surface area contributed by atoms with Crippen molar-refractivity contribution < 1.29 is 0 Å². The van der Waals surface area contributed by atoms with Crippen molar-refractivity contribution in [2.24, 2.45) is 0 Å². The Morgan fingerprint density at radius 1 is 0.242 bits per heavy atom. The molecule has 0 atom stereocenters. The molecule has 2 nitrogen and oxygen atoms in total. The third-order valence-corrected chi connectivity index (χ3v) is 15.3. The van der Waals surface area contributed by atoms with Gasteiger partial charge in [0.25, 0.3) is 0 Å². The van der Waals surface area contributed by atoms with Gasteiger partial charge in [-0.3, -0.25) is 0 Å². The van der Waals surface area contributed by atoms with E-state index in [9.17, 15) is 0 Å². The molecule has 11 aromatic rings. The van der Waals surface area contributed by atoms with Crippen LogP contribution >= 0.6 is 0 Å². The Morgan fingerprint density at radius 2 is 0.576 bits per heavy atom. The average Bonchev–Trinajstić information content (AvgIpc) is 4.08. The van der Waals surface area contributed by atoms with E-state index < -0.39 is 10.8 Å².